The fourth-order valence-electron chi connectivity index (χ4n) is 1.93. The molecule has 2 aromatic rings. The van der Waals surface area contributed by atoms with Crippen molar-refractivity contribution >= 4 is 55.8 Å². The number of hydrogen-bond acceptors (Lipinski definition) is 3. The smallest absolute Gasteiger partial charge is 0.264 e. The molecule has 2 rings (SSSR count). The van der Waals surface area contributed by atoms with E-state index in [2.05, 4.69) is 0 Å². The number of anilines is 1. The molecule has 0 aliphatic heterocycles. The Hall–Kier alpha value is -1.27. The molecule has 0 amide bonds. The van der Waals surface area contributed by atoms with Crippen LogP contribution in [0.4, 0.5) is 5.69 Å². The first-order valence-electron chi connectivity index (χ1n) is 6.44. The third kappa shape index (κ3) is 4.18. The second-order valence-electron chi connectivity index (χ2n) is 4.78. The maximum absolute atomic E-state index is 12.9. The minimum atomic E-state index is -4.02. The highest BCUT2D eigenvalue weighted by Gasteiger charge is 2.28. The molecule has 0 fully saturated rings. The second-order valence-corrected chi connectivity index (χ2v) is 7.90. The summed E-state index contributed by atoms with van der Waals surface area (Å²) in [6.45, 7) is 1.28. The molecular weight excluding hydrogens is 381 g/mol. The molecule has 0 aliphatic carbocycles. The van der Waals surface area contributed by atoms with E-state index < -0.39 is 21.8 Å². The van der Waals surface area contributed by atoms with Gasteiger partial charge in [-0.15, -0.1) is 0 Å². The molecule has 0 heterocycles. The Balaban J connectivity index is 2.60. The van der Waals surface area contributed by atoms with Crippen LogP contribution in [0.1, 0.15) is 5.56 Å². The fraction of sp³-hybridized carbons (Fsp3) is 0.133. The highest BCUT2D eigenvalue weighted by atomic mass is 35.5. The van der Waals surface area contributed by atoms with Crippen LogP contribution in [0.2, 0.25) is 10.0 Å². The van der Waals surface area contributed by atoms with Crippen LogP contribution in [-0.2, 0) is 14.8 Å². The van der Waals surface area contributed by atoms with Gasteiger partial charge in [0.05, 0.1) is 15.6 Å². The van der Waals surface area contributed by atoms with Gasteiger partial charge in [0, 0.05) is 5.02 Å². The van der Waals surface area contributed by atoms with Crippen LogP contribution in [-0.4, -0.2) is 20.2 Å². The quantitative estimate of drug-likeness (QED) is 0.714. The highest BCUT2D eigenvalue weighted by molar-refractivity contribution is 7.92. The topological polar surface area (TPSA) is 54.5 Å². The molecular formula is C15H12Cl3NO3S. The average molecular weight is 393 g/mol. The number of nitrogens with zero attached hydrogens (tertiary/aromatic N) is 1. The Kier molecular flexibility index (Phi) is 5.57. The first kappa shape index (κ1) is 18.1. The second kappa shape index (κ2) is 7.09. The summed E-state index contributed by atoms with van der Waals surface area (Å²) >= 11 is 17.4. The van der Waals surface area contributed by atoms with Gasteiger partial charge >= 0.3 is 0 Å². The lowest BCUT2D eigenvalue weighted by molar-refractivity contribution is -0.110. The number of benzene rings is 2. The van der Waals surface area contributed by atoms with Gasteiger partial charge in [0.1, 0.15) is 6.54 Å². The van der Waals surface area contributed by atoms with Crippen molar-refractivity contribution in [3.8, 4) is 0 Å². The van der Waals surface area contributed by atoms with Gasteiger partial charge in [-0.3, -0.25) is 9.10 Å². The normalized spacial score (nSPS) is 11.3. The Labute approximate surface area is 149 Å². The monoisotopic (exact) mass is 391 g/mol. The lowest BCUT2D eigenvalue weighted by Crippen LogP contribution is -2.34. The number of hydrogen-bond donors (Lipinski definition) is 0. The van der Waals surface area contributed by atoms with E-state index in [0.717, 1.165) is 9.87 Å². The molecule has 122 valence electrons. The zero-order valence-electron chi connectivity index (χ0n) is 12.0. The average Bonchev–Trinajstić information content (AvgIpc) is 2.47. The van der Waals surface area contributed by atoms with Crippen LogP contribution >= 0.6 is 34.8 Å². The predicted molar refractivity (Wildman–Crippen MR) is 93.0 cm³/mol. The van der Waals surface area contributed by atoms with Gasteiger partial charge in [0.2, 0.25) is 5.24 Å². The first-order valence-corrected chi connectivity index (χ1v) is 9.02. The van der Waals surface area contributed by atoms with Gasteiger partial charge < -0.3 is 0 Å². The molecule has 0 saturated carbocycles. The standard InChI is InChI=1S/C15H12Cl3NO3S/c1-10-2-5-12(6-3-10)23(21,22)19(9-15(18)20)14-8-11(16)4-7-13(14)17/h2-8H,9H2,1H3. The highest BCUT2D eigenvalue weighted by Crippen LogP contribution is 2.33. The third-order valence-electron chi connectivity index (χ3n) is 3.05. The Morgan fingerprint density at radius 3 is 2.26 bits per heavy atom. The van der Waals surface area contributed by atoms with E-state index in [1.807, 2.05) is 6.92 Å². The van der Waals surface area contributed by atoms with Crippen molar-refractivity contribution in [3.63, 3.8) is 0 Å². The van der Waals surface area contributed by atoms with E-state index in [1.54, 1.807) is 12.1 Å². The van der Waals surface area contributed by atoms with Gasteiger partial charge in [-0.2, -0.15) is 0 Å². The van der Waals surface area contributed by atoms with Gasteiger partial charge in [0.15, 0.2) is 0 Å². The molecule has 0 atom stereocenters. The van der Waals surface area contributed by atoms with Crippen molar-refractivity contribution in [1.29, 1.82) is 0 Å². The van der Waals surface area contributed by atoms with Crippen LogP contribution < -0.4 is 4.31 Å². The zero-order valence-corrected chi connectivity index (χ0v) is 15.0. The predicted octanol–water partition coefficient (Wildman–Crippen LogP) is 4.26. The van der Waals surface area contributed by atoms with E-state index >= 15 is 0 Å². The summed E-state index contributed by atoms with van der Waals surface area (Å²) in [6, 6.07) is 10.6. The van der Waals surface area contributed by atoms with Gasteiger partial charge in [0.25, 0.3) is 10.0 Å². The summed E-state index contributed by atoms with van der Waals surface area (Å²) in [5.74, 6) is 0. The number of sulfonamides is 1. The first-order chi connectivity index (χ1) is 10.7. The van der Waals surface area contributed by atoms with E-state index in [-0.39, 0.29) is 20.6 Å². The summed E-state index contributed by atoms with van der Waals surface area (Å²) in [7, 11) is -4.02. The van der Waals surface area contributed by atoms with Crippen LogP contribution in [0.3, 0.4) is 0 Å². The van der Waals surface area contributed by atoms with E-state index in [1.165, 1.54) is 30.3 Å². The Bertz CT molecular complexity index is 836. The Morgan fingerprint density at radius 1 is 1.09 bits per heavy atom. The number of rotatable bonds is 5. The van der Waals surface area contributed by atoms with Crippen molar-refractivity contribution in [2.75, 3.05) is 10.8 Å². The number of halogens is 3. The van der Waals surface area contributed by atoms with Crippen LogP contribution in [0.15, 0.2) is 47.4 Å². The molecule has 0 spiro atoms. The minimum Gasteiger partial charge on any atom is -0.279 e. The van der Waals surface area contributed by atoms with Crippen molar-refractivity contribution in [2.24, 2.45) is 0 Å². The SMILES string of the molecule is Cc1ccc(S(=O)(=O)N(CC(=O)Cl)c2cc(Cl)ccc2Cl)cc1. The van der Waals surface area contributed by atoms with Crippen LogP contribution in [0.25, 0.3) is 0 Å². The van der Waals surface area contributed by atoms with Crippen molar-refractivity contribution in [2.45, 2.75) is 11.8 Å². The maximum atomic E-state index is 12.9. The summed E-state index contributed by atoms with van der Waals surface area (Å²) < 4.78 is 26.6. The molecule has 0 unspecified atom stereocenters. The largest absolute Gasteiger partial charge is 0.279 e. The summed E-state index contributed by atoms with van der Waals surface area (Å²) in [5, 5.41) is -0.407. The van der Waals surface area contributed by atoms with Gasteiger partial charge in [-0.25, -0.2) is 8.42 Å². The zero-order chi connectivity index (χ0) is 17.2. The van der Waals surface area contributed by atoms with Crippen LogP contribution in [0, 0.1) is 6.92 Å². The lowest BCUT2D eigenvalue weighted by atomic mass is 10.2. The maximum Gasteiger partial charge on any atom is 0.264 e. The summed E-state index contributed by atoms with van der Waals surface area (Å²) in [6.07, 6.45) is 0. The van der Waals surface area contributed by atoms with Crippen molar-refractivity contribution in [3.05, 3.63) is 58.1 Å². The lowest BCUT2D eigenvalue weighted by Gasteiger charge is -2.24. The molecule has 2 aromatic carbocycles. The molecule has 23 heavy (non-hydrogen) atoms. The molecule has 0 aliphatic rings. The Morgan fingerprint density at radius 2 is 1.70 bits per heavy atom. The summed E-state index contributed by atoms with van der Waals surface area (Å²) in [5.41, 5.74) is 0.999. The molecule has 0 radical (unpaired) electrons. The number of carbonyl (C=O) groups excluding carboxylic acids is 1. The number of aryl methyl sites for hydroxylation is 1. The molecule has 0 aromatic heterocycles. The van der Waals surface area contributed by atoms with E-state index in [0.29, 0.717) is 0 Å². The fourth-order valence-corrected chi connectivity index (χ4v) is 3.99. The molecule has 0 saturated heterocycles. The molecule has 0 N–H and O–H groups in total. The minimum absolute atomic E-state index is 0.0251. The van der Waals surface area contributed by atoms with E-state index in [9.17, 15) is 13.2 Å². The van der Waals surface area contributed by atoms with Gasteiger partial charge in [-0.05, 0) is 48.9 Å². The summed E-state index contributed by atoms with van der Waals surface area (Å²) in [4.78, 5) is 11.4. The van der Waals surface area contributed by atoms with Gasteiger partial charge in [-0.1, -0.05) is 40.9 Å². The molecule has 0 bridgehead atoms. The van der Waals surface area contributed by atoms with E-state index in [4.69, 9.17) is 34.8 Å². The van der Waals surface area contributed by atoms with Crippen molar-refractivity contribution < 1.29 is 13.2 Å². The van der Waals surface area contributed by atoms with Crippen molar-refractivity contribution in [1.82, 2.24) is 0 Å². The van der Waals surface area contributed by atoms with Crippen LogP contribution in [0.5, 0.6) is 0 Å². The molecule has 4 nitrogen and oxygen atoms in total. The molecule has 8 heteroatoms. The third-order valence-corrected chi connectivity index (χ3v) is 5.50. The number of carbonyl (C=O) groups is 1.